The van der Waals surface area contributed by atoms with Crippen LogP contribution in [-0.2, 0) is 6.54 Å². The largest absolute Gasteiger partial charge is 0.347 e. The molecule has 3 rings (SSSR count). The van der Waals surface area contributed by atoms with E-state index in [1.807, 2.05) is 50.2 Å². The van der Waals surface area contributed by atoms with Crippen LogP contribution >= 0.6 is 11.6 Å². The predicted molar refractivity (Wildman–Crippen MR) is 104 cm³/mol. The highest BCUT2D eigenvalue weighted by atomic mass is 35.5. The van der Waals surface area contributed by atoms with Gasteiger partial charge in [0, 0.05) is 23.5 Å². The quantitative estimate of drug-likeness (QED) is 0.701. The molecule has 0 radical (unpaired) electrons. The third-order valence-electron chi connectivity index (χ3n) is 3.91. The number of amides is 1. The van der Waals surface area contributed by atoms with Crippen molar-refractivity contribution < 1.29 is 4.79 Å². The van der Waals surface area contributed by atoms with Gasteiger partial charge in [0.05, 0.1) is 0 Å². The second-order valence-electron chi connectivity index (χ2n) is 6.02. The third kappa shape index (κ3) is 4.58. The number of aromatic nitrogens is 2. The predicted octanol–water partition coefficient (Wildman–Crippen LogP) is 4.42. The Labute approximate surface area is 157 Å². The summed E-state index contributed by atoms with van der Waals surface area (Å²) in [5.41, 5.74) is 4.32. The van der Waals surface area contributed by atoms with Gasteiger partial charge in [-0.25, -0.2) is 9.97 Å². The third-order valence-corrected chi connectivity index (χ3v) is 4.14. The van der Waals surface area contributed by atoms with Crippen molar-refractivity contribution in [2.45, 2.75) is 20.4 Å². The van der Waals surface area contributed by atoms with Gasteiger partial charge in [0.15, 0.2) is 0 Å². The van der Waals surface area contributed by atoms with Crippen LogP contribution in [0.25, 0.3) is 0 Å². The lowest BCUT2D eigenvalue weighted by Gasteiger charge is -2.10. The fourth-order valence-electron chi connectivity index (χ4n) is 2.37. The standard InChI is InChI=1S/C20H19ClN4O/c1-13-3-6-15(7-4-13)12-23-19(26)17-9-10-22-20(24-17)25-18-11-16(21)8-5-14(18)2/h3-11H,12H2,1-2H3,(H,23,26)(H,22,24,25). The molecule has 3 aromatic rings. The van der Waals surface area contributed by atoms with E-state index >= 15 is 0 Å². The summed E-state index contributed by atoms with van der Waals surface area (Å²) in [6.07, 6.45) is 1.55. The molecule has 0 spiro atoms. The van der Waals surface area contributed by atoms with Crippen LogP contribution in [0.15, 0.2) is 54.7 Å². The zero-order valence-electron chi connectivity index (χ0n) is 14.6. The van der Waals surface area contributed by atoms with Gasteiger partial charge in [-0.3, -0.25) is 4.79 Å². The van der Waals surface area contributed by atoms with Crippen LogP contribution < -0.4 is 10.6 Å². The summed E-state index contributed by atoms with van der Waals surface area (Å²) in [5, 5.41) is 6.59. The van der Waals surface area contributed by atoms with Gasteiger partial charge >= 0.3 is 0 Å². The number of hydrogen-bond donors (Lipinski definition) is 2. The minimum atomic E-state index is -0.251. The van der Waals surface area contributed by atoms with Crippen LogP contribution in [0, 0.1) is 13.8 Å². The number of rotatable bonds is 5. The number of halogens is 1. The van der Waals surface area contributed by atoms with Crippen molar-refractivity contribution in [3.63, 3.8) is 0 Å². The molecule has 0 atom stereocenters. The maximum atomic E-state index is 12.4. The van der Waals surface area contributed by atoms with Crippen molar-refractivity contribution in [2.24, 2.45) is 0 Å². The van der Waals surface area contributed by atoms with E-state index in [0.717, 1.165) is 16.8 Å². The smallest absolute Gasteiger partial charge is 0.270 e. The number of nitrogens with zero attached hydrogens (tertiary/aromatic N) is 2. The van der Waals surface area contributed by atoms with Crippen LogP contribution in [0.3, 0.4) is 0 Å². The van der Waals surface area contributed by atoms with Gasteiger partial charge < -0.3 is 10.6 Å². The Morgan fingerprint density at radius 1 is 1.08 bits per heavy atom. The van der Waals surface area contributed by atoms with E-state index in [2.05, 4.69) is 20.6 Å². The number of aryl methyl sites for hydroxylation is 2. The van der Waals surface area contributed by atoms with E-state index in [0.29, 0.717) is 23.2 Å². The summed E-state index contributed by atoms with van der Waals surface area (Å²) >= 11 is 6.03. The van der Waals surface area contributed by atoms with Crippen LogP contribution in [-0.4, -0.2) is 15.9 Å². The lowest BCUT2D eigenvalue weighted by atomic mass is 10.1. The van der Waals surface area contributed by atoms with E-state index in [9.17, 15) is 4.79 Å². The fourth-order valence-corrected chi connectivity index (χ4v) is 2.55. The first-order valence-electron chi connectivity index (χ1n) is 8.21. The molecule has 0 aliphatic carbocycles. The normalized spacial score (nSPS) is 10.4. The van der Waals surface area contributed by atoms with Crippen molar-refractivity contribution in [1.29, 1.82) is 0 Å². The van der Waals surface area contributed by atoms with E-state index in [4.69, 9.17) is 11.6 Å². The average molecular weight is 367 g/mol. The highest BCUT2D eigenvalue weighted by Crippen LogP contribution is 2.22. The van der Waals surface area contributed by atoms with E-state index in [1.54, 1.807) is 18.3 Å². The highest BCUT2D eigenvalue weighted by molar-refractivity contribution is 6.30. The number of nitrogens with one attached hydrogen (secondary N) is 2. The molecule has 0 saturated carbocycles. The minimum absolute atomic E-state index is 0.251. The molecule has 1 amide bonds. The zero-order chi connectivity index (χ0) is 18.5. The Hall–Kier alpha value is -2.92. The first-order chi connectivity index (χ1) is 12.5. The molecular formula is C20H19ClN4O. The van der Waals surface area contributed by atoms with Crippen molar-refractivity contribution in [3.8, 4) is 0 Å². The molecule has 0 saturated heterocycles. The Morgan fingerprint density at radius 3 is 2.62 bits per heavy atom. The number of carbonyl (C=O) groups excluding carboxylic acids is 1. The van der Waals surface area contributed by atoms with Gasteiger partial charge in [0.25, 0.3) is 5.91 Å². The Kier molecular flexibility index (Phi) is 5.49. The summed E-state index contributed by atoms with van der Waals surface area (Å²) in [7, 11) is 0. The summed E-state index contributed by atoms with van der Waals surface area (Å²) in [4.78, 5) is 20.8. The van der Waals surface area contributed by atoms with Crippen molar-refractivity contribution >= 4 is 29.1 Å². The maximum Gasteiger partial charge on any atom is 0.270 e. The van der Waals surface area contributed by atoms with Gasteiger partial charge in [-0.15, -0.1) is 0 Å². The SMILES string of the molecule is Cc1ccc(CNC(=O)c2ccnc(Nc3cc(Cl)ccc3C)n2)cc1. The topological polar surface area (TPSA) is 66.9 Å². The Bertz CT molecular complexity index is 925. The number of hydrogen-bond acceptors (Lipinski definition) is 4. The number of carbonyl (C=O) groups is 1. The Morgan fingerprint density at radius 2 is 1.85 bits per heavy atom. The molecule has 0 aliphatic heterocycles. The number of benzene rings is 2. The zero-order valence-corrected chi connectivity index (χ0v) is 15.3. The molecule has 6 heteroatoms. The summed E-state index contributed by atoms with van der Waals surface area (Å²) < 4.78 is 0. The molecule has 132 valence electrons. The molecule has 1 aromatic heterocycles. The second kappa shape index (κ2) is 7.97. The Balaban J connectivity index is 1.69. The van der Waals surface area contributed by atoms with Gasteiger partial charge in [0.1, 0.15) is 5.69 Å². The molecular weight excluding hydrogens is 348 g/mol. The van der Waals surface area contributed by atoms with Gasteiger partial charge in [-0.05, 0) is 43.2 Å². The fraction of sp³-hybridized carbons (Fsp3) is 0.150. The summed E-state index contributed by atoms with van der Waals surface area (Å²) in [6, 6.07) is 15.1. The van der Waals surface area contributed by atoms with Crippen molar-refractivity contribution in [2.75, 3.05) is 5.32 Å². The van der Waals surface area contributed by atoms with E-state index < -0.39 is 0 Å². The van der Waals surface area contributed by atoms with E-state index in [-0.39, 0.29) is 5.91 Å². The molecule has 0 unspecified atom stereocenters. The van der Waals surface area contributed by atoms with Crippen LogP contribution in [0.1, 0.15) is 27.2 Å². The number of anilines is 2. The average Bonchev–Trinajstić information content (AvgIpc) is 2.64. The molecule has 1 heterocycles. The maximum absolute atomic E-state index is 12.4. The molecule has 5 nitrogen and oxygen atoms in total. The van der Waals surface area contributed by atoms with Gasteiger partial charge in [-0.1, -0.05) is 47.5 Å². The summed E-state index contributed by atoms with van der Waals surface area (Å²) in [5.74, 6) is 0.0946. The van der Waals surface area contributed by atoms with E-state index in [1.165, 1.54) is 5.56 Å². The molecule has 2 N–H and O–H groups in total. The lowest BCUT2D eigenvalue weighted by molar-refractivity contribution is 0.0946. The van der Waals surface area contributed by atoms with Gasteiger partial charge in [0.2, 0.25) is 5.95 Å². The molecule has 0 aliphatic rings. The van der Waals surface area contributed by atoms with Gasteiger partial charge in [-0.2, -0.15) is 0 Å². The van der Waals surface area contributed by atoms with Crippen molar-refractivity contribution in [3.05, 3.63) is 82.1 Å². The van der Waals surface area contributed by atoms with Crippen LogP contribution in [0.2, 0.25) is 5.02 Å². The monoisotopic (exact) mass is 366 g/mol. The summed E-state index contributed by atoms with van der Waals surface area (Å²) in [6.45, 7) is 4.43. The molecule has 2 aromatic carbocycles. The van der Waals surface area contributed by atoms with Crippen molar-refractivity contribution in [1.82, 2.24) is 15.3 Å². The first kappa shape index (κ1) is 17.9. The second-order valence-corrected chi connectivity index (χ2v) is 6.45. The van der Waals surface area contributed by atoms with Crippen LogP contribution in [0.4, 0.5) is 11.6 Å². The molecule has 0 fully saturated rings. The highest BCUT2D eigenvalue weighted by Gasteiger charge is 2.09. The lowest BCUT2D eigenvalue weighted by Crippen LogP contribution is -2.24. The minimum Gasteiger partial charge on any atom is -0.347 e. The molecule has 0 bridgehead atoms. The first-order valence-corrected chi connectivity index (χ1v) is 8.59. The molecule has 26 heavy (non-hydrogen) atoms. The van der Waals surface area contributed by atoms with Crippen LogP contribution in [0.5, 0.6) is 0 Å².